The van der Waals surface area contributed by atoms with Gasteiger partial charge in [-0.25, -0.2) is 9.97 Å². The average molecular weight is 222 g/mol. The summed E-state index contributed by atoms with van der Waals surface area (Å²) in [7, 11) is 0. The maximum Gasteiger partial charge on any atom is 0.272 e. The summed E-state index contributed by atoms with van der Waals surface area (Å²) in [6.45, 7) is 1.90. The summed E-state index contributed by atoms with van der Waals surface area (Å²) in [5.74, 6) is 0.715. The number of aromatic nitrogens is 3. The molecule has 0 aliphatic carbocycles. The van der Waals surface area contributed by atoms with Gasteiger partial charge in [-0.1, -0.05) is 6.07 Å². The molecule has 0 amide bonds. The van der Waals surface area contributed by atoms with Crippen LogP contribution in [0.2, 0.25) is 0 Å². The van der Waals surface area contributed by atoms with Crippen molar-refractivity contribution in [2.75, 3.05) is 0 Å². The molecule has 0 radical (unpaired) electrons. The molecule has 76 valence electrons. The molecule has 0 aliphatic heterocycles. The zero-order valence-electron chi connectivity index (χ0n) is 8.01. The Labute approximate surface area is 91.5 Å². The molecule has 2 rings (SSSR count). The van der Waals surface area contributed by atoms with Gasteiger partial charge in [0.1, 0.15) is 17.8 Å². The predicted molar refractivity (Wildman–Crippen MR) is 56.3 cm³/mol. The van der Waals surface area contributed by atoms with Crippen LogP contribution in [0.5, 0.6) is 0 Å². The quantitative estimate of drug-likeness (QED) is 0.729. The van der Waals surface area contributed by atoms with Crippen molar-refractivity contribution in [3.8, 4) is 5.82 Å². The van der Waals surface area contributed by atoms with Crippen molar-refractivity contribution in [2.24, 2.45) is 0 Å². The van der Waals surface area contributed by atoms with Crippen molar-refractivity contribution < 1.29 is 4.79 Å². The molecule has 15 heavy (non-hydrogen) atoms. The number of imidazole rings is 1. The number of carbonyl (C=O) groups is 1. The lowest BCUT2D eigenvalue weighted by atomic mass is 10.4. The largest absolute Gasteiger partial charge is 0.290 e. The summed E-state index contributed by atoms with van der Waals surface area (Å²) in [4.78, 5) is 19.0. The van der Waals surface area contributed by atoms with Gasteiger partial charge in [0, 0.05) is 11.9 Å². The second kappa shape index (κ2) is 3.82. The van der Waals surface area contributed by atoms with Gasteiger partial charge in [-0.05, 0) is 30.7 Å². The summed E-state index contributed by atoms with van der Waals surface area (Å²) in [5, 5.41) is -0.568. The third-order valence-corrected chi connectivity index (χ3v) is 2.12. The van der Waals surface area contributed by atoms with E-state index >= 15 is 0 Å². The van der Waals surface area contributed by atoms with Crippen LogP contribution < -0.4 is 0 Å². The van der Waals surface area contributed by atoms with Crippen molar-refractivity contribution in [1.82, 2.24) is 14.5 Å². The number of hydrogen-bond acceptors (Lipinski definition) is 3. The molecule has 0 unspecified atom stereocenters. The van der Waals surface area contributed by atoms with E-state index in [1.54, 1.807) is 10.8 Å². The summed E-state index contributed by atoms with van der Waals surface area (Å²) in [6, 6.07) is 5.62. The fourth-order valence-electron chi connectivity index (χ4n) is 1.22. The van der Waals surface area contributed by atoms with Gasteiger partial charge in [0.2, 0.25) is 0 Å². The maximum absolute atomic E-state index is 10.8. The molecule has 5 heteroatoms. The molecule has 2 aromatic heterocycles. The van der Waals surface area contributed by atoms with Gasteiger partial charge in [-0.2, -0.15) is 0 Å². The van der Waals surface area contributed by atoms with E-state index in [2.05, 4.69) is 9.97 Å². The molecule has 0 N–H and O–H groups in total. The van der Waals surface area contributed by atoms with E-state index in [9.17, 15) is 4.79 Å². The van der Waals surface area contributed by atoms with Gasteiger partial charge >= 0.3 is 0 Å². The first-order valence-corrected chi connectivity index (χ1v) is 4.72. The molecule has 0 aliphatic rings. The number of carbonyl (C=O) groups excluding carboxylic acids is 1. The zero-order valence-corrected chi connectivity index (χ0v) is 8.77. The van der Waals surface area contributed by atoms with E-state index in [0.29, 0.717) is 5.82 Å². The van der Waals surface area contributed by atoms with Crippen molar-refractivity contribution in [1.29, 1.82) is 0 Å². The Hall–Kier alpha value is -1.68. The van der Waals surface area contributed by atoms with Crippen LogP contribution in [0.25, 0.3) is 5.82 Å². The van der Waals surface area contributed by atoms with E-state index in [1.165, 1.54) is 6.33 Å². The lowest BCUT2D eigenvalue weighted by Crippen LogP contribution is -1.95. The SMILES string of the molecule is Cc1cccc(-n2cnc(C(=O)Cl)c2)n1. The molecule has 0 aromatic carbocycles. The third kappa shape index (κ3) is 2.05. The second-order valence-electron chi connectivity index (χ2n) is 3.08. The molecule has 0 atom stereocenters. The molecule has 4 nitrogen and oxygen atoms in total. The normalized spacial score (nSPS) is 10.3. The van der Waals surface area contributed by atoms with E-state index in [0.717, 1.165) is 5.69 Å². The van der Waals surface area contributed by atoms with Crippen LogP contribution in [-0.2, 0) is 0 Å². The fourth-order valence-corrected chi connectivity index (χ4v) is 1.32. The standard InChI is InChI=1S/C10H8ClN3O/c1-7-3-2-4-9(13-7)14-5-8(10(11)15)12-6-14/h2-6H,1H3. The molecule has 0 saturated carbocycles. The lowest BCUT2D eigenvalue weighted by Gasteiger charge is -2.00. The highest BCUT2D eigenvalue weighted by Gasteiger charge is 2.06. The molecule has 2 heterocycles. The van der Waals surface area contributed by atoms with Crippen LogP contribution >= 0.6 is 11.6 Å². The van der Waals surface area contributed by atoms with Crippen molar-refractivity contribution in [3.05, 3.63) is 42.1 Å². The second-order valence-corrected chi connectivity index (χ2v) is 3.42. The van der Waals surface area contributed by atoms with Crippen LogP contribution in [0.4, 0.5) is 0 Å². The van der Waals surface area contributed by atoms with Crippen LogP contribution in [0, 0.1) is 6.92 Å². The van der Waals surface area contributed by atoms with E-state index < -0.39 is 5.24 Å². The Morgan fingerprint density at radius 1 is 1.47 bits per heavy atom. The third-order valence-electron chi connectivity index (χ3n) is 1.92. The van der Waals surface area contributed by atoms with Crippen LogP contribution in [-0.4, -0.2) is 19.8 Å². The topological polar surface area (TPSA) is 47.8 Å². The van der Waals surface area contributed by atoms with E-state index in [4.69, 9.17) is 11.6 Å². The number of nitrogens with zero attached hydrogens (tertiary/aromatic N) is 3. The Bertz CT molecular complexity index is 507. The van der Waals surface area contributed by atoms with Crippen LogP contribution in [0.3, 0.4) is 0 Å². The first-order valence-electron chi connectivity index (χ1n) is 4.34. The van der Waals surface area contributed by atoms with Crippen molar-refractivity contribution >= 4 is 16.8 Å². The maximum atomic E-state index is 10.8. The van der Waals surface area contributed by atoms with Gasteiger partial charge in [-0.3, -0.25) is 9.36 Å². The van der Waals surface area contributed by atoms with E-state index in [-0.39, 0.29) is 5.69 Å². The smallest absolute Gasteiger partial charge is 0.272 e. The molecule has 2 aromatic rings. The van der Waals surface area contributed by atoms with Crippen molar-refractivity contribution in [2.45, 2.75) is 6.92 Å². The first kappa shape index (κ1) is 9.86. The molecule has 0 spiro atoms. The van der Waals surface area contributed by atoms with Crippen LogP contribution in [0.15, 0.2) is 30.7 Å². The highest BCUT2D eigenvalue weighted by molar-refractivity contribution is 6.67. The fraction of sp³-hybridized carbons (Fsp3) is 0.100. The Kier molecular flexibility index (Phi) is 2.51. The minimum absolute atomic E-state index is 0.222. The minimum Gasteiger partial charge on any atom is -0.290 e. The van der Waals surface area contributed by atoms with E-state index in [1.807, 2.05) is 25.1 Å². The summed E-state index contributed by atoms with van der Waals surface area (Å²) >= 11 is 5.30. The Morgan fingerprint density at radius 2 is 2.27 bits per heavy atom. The summed E-state index contributed by atoms with van der Waals surface area (Å²) in [6.07, 6.45) is 3.06. The van der Waals surface area contributed by atoms with Crippen LogP contribution in [0.1, 0.15) is 16.2 Å². The Morgan fingerprint density at radius 3 is 2.87 bits per heavy atom. The highest BCUT2D eigenvalue weighted by atomic mass is 35.5. The average Bonchev–Trinajstić information content (AvgIpc) is 2.66. The molecular formula is C10H8ClN3O. The van der Waals surface area contributed by atoms with Gasteiger partial charge in [-0.15, -0.1) is 0 Å². The Balaban J connectivity index is 2.41. The predicted octanol–water partition coefficient (Wildman–Crippen LogP) is 1.95. The monoisotopic (exact) mass is 221 g/mol. The number of hydrogen-bond donors (Lipinski definition) is 0. The summed E-state index contributed by atoms with van der Waals surface area (Å²) in [5.41, 5.74) is 1.12. The first-order chi connectivity index (χ1) is 7.16. The molecule has 0 fully saturated rings. The van der Waals surface area contributed by atoms with Crippen molar-refractivity contribution in [3.63, 3.8) is 0 Å². The highest BCUT2D eigenvalue weighted by Crippen LogP contribution is 2.08. The molecule has 0 bridgehead atoms. The van der Waals surface area contributed by atoms with Gasteiger partial charge in [0.25, 0.3) is 5.24 Å². The summed E-state index contributed by atoms with van der Waals surface area (Å²) < 4.78 is 1.66. The minimum atomic E-state index is -0.568. The number of pyridine rings is 1. The zero-order chi connectivity index (χ0) is 10.8. The number of rotatable bonds is 2. The number of halogens is 1. The molecule has 0 saturated heterocycles. The lowest BCUT2D eigenvalue weighted by molar-refractivity contribution is 0.107. The van der Waals surface area contributed by atoms with Gasteiger partial charge in [0.05, 0.1) is 0 Å². The number of aryl methyl sites for hydroxylation is 1. The molecular weight excluding hydrogens is 214 g/mol. The van der Waals surface area contributed by atoms with Gasteiger partial charge in [0.15, 0.2) is 0 Å². The van der Waals surface area contributed by atoms with Gasteiger partial charge < -0.3 is 0 Å².